The molecule has 0 aromatic carbocycles. The highest BCUT2D eigenvalue weighted by Gasteiger charge is 2.19. The van der Waals surface area contributed by atoms with Gasteiger partial charge in [0.1, 0.15) is 13.2 Å². The lowest BCUT2D eigenvalue weighted by molar-refractivity contribution is -0.167. The van der Waals surface area contributed by atoms with Crippen molar-refractivity contribution in [2.75, 3.05) is 13.2 Å². The fraction of sp³-hybridized carbons (Fsp3) is 0.706. The Labute approximate surface area is 351 Å². The number of carbonyl (C=O) groups is 3. The molecule has 0 aliphatic rings. The lowest BCUT2D eigenvalue weighted by Crippen LogP contribution is -2.30. The SMILES string of the molecule is CC/C=C\C/C=C\C/C=C\CCCC(=O)OC(COC(=O)CCC/C=C\CCCCCC)COC(=O)CCCCCCCCCCCC/C=C\C=C/CCCCC. The molecule has 0 heterocycles. The summed E-state index contributed by atoms with van der Waals surface area (Å²) in [6, 6.07) is 0. The maximum Gasteiger partial charge on any atom is 0.306 e. The van der Waals surface area contributed by atoms with Crippen molar-refractivity contribution in [2.24, 2.45) is 0 Å². The highest BCUT2D eigenvalue weighted by Crippen LogP contribution is 2.13. The summed E-state index contributed by atoms with van der Waals surface area (Å²) in [6.07, 6.45) is 56.2. The van der Waals surface area contributed by atoms with Crippen LogP contribution in [-0.4, -0.2) is 37.2 Å². The van der Waals surface area contributed by atoms with E-state index in [-0.39, 0.29) is 37.5 Å². The number of allylic oxidation sites excluding steroid dienone is 12. The molecule has 0 N–H and O–H groups in total. The van der Waals surface area contributed by atoms with Crippen LogP contribution in [0.1, 0.15) is 213 Å². The normalized spacial score (nSPS) is 12.7. The van der Waals surface area contributed by atoms with E-state index in [9.17, 15) is 14.4 Å². The highest BCUT2D eigenvalue weighted by molar-refractivity contribution is 5.71. The maximum atomic E-state index is 12.7. The second-order valence-electron chi connectivity index (χ2n) is 15.3. The van der Waals surface area contributed by atoms with Crippen molar-refractivity contribution in [1.29, 1.82) is 0 Å². The van der Waals surface area contributed by atoms with Gasteiger partial charge >= 0.3 is 17.9 Å². The van der Waals surface area contributed by atoms with E-state index in [2.05, 4.69) is 93.7 Å². The van der Waals surface area contributed by atoms with Crippen LogP contribution in [0.3, 0.4) is 0 Å². The molecule has 0 amide bonds. The van der Waals surface area contributed by atoms with Crippen LogP contribution in [0, 0.1) is 0 Å². The molecule has 0 aromatic rings. The quantitative estimate of drug-likeness (QED) is 0.0202. The molecule has 0 saturated carbocycles. The Balaban J connectivity index is 4.35. The predicted molar refractivity (Wildman–Crippen MR) is 242 cm³/mol. The summed E-state index contributed by atoms with van der Waals surface area (Å²) in [5.74, 6) is -1.01. The van der Waals surface area contributed by atoms with Gasteiger partial charge in [-0.3, -0.25) is 14.4 Å². The molecular weight excluding hydrogens is 709 g/mol. The van der Waals surface area contributed by atoms with Gasteiger partial charge in [0.25, 0.3) is 0 Å². The zero-order valence-electron chi connectivity index (χ0n) is 37.1. The lowest BCUT2D eigenvalue weighted by Gasteiger charge is -2.18. The summed E-state index contributed by atoms with van der Waals surface area (Å²) in [5, 5.41) is 0. The standard InChI is InChI=1S/C51H86O6/c1-4-7-10-13-16-19-21-22-23-24-25-26-27-28-30-32-35-38-41-44-50(53)56-47-48(46-55-49(52)43-40-37-34-31-18-15-12-9-6-3)57-51(54)45-42-39-36-33-29-20-17-14-11-8-5-2/h8,11,16-17,19-22,31,33-34,36,48H,4-7,9-10,12-15,18,23-30,32,35,37-47H2,1-3H3/b11-8-,19-16-,20-17-,22-21-,34-31-,36-33-. The molecule has 0 spiro atoms. The summed E-state index contributed by atoms with van der Waals surface area (Å²) in [6.45, 7) is 6.36. The van der Waals surface area contributed by atoms with E-state index in [4.69, 9.17) is 14.2 Å². The molecular formula is C51H86O6. The number of hydrogen-bond acceptors (Lipinski definition) is 6. The van der Waals surface area contributed by atoms with Crippen LogP contribution < -0.4 is 0 Å². The molecule has 1 atom stereocenters. The summed E-state index contributed by atoms with van der Waals surface area (Å²) < 4.78 is 16.6. The molecule has 57 heavy (non-hydrogen) atoms. The van der Waals surface area contributed by atoms with E-state index in [1.807, 2.05) is 0 Å². The first kappa shape index (κ1) is 53.9. The van der Waals surface area contributed by atoms with Crippen LogP contribution >= 0.6 is 0 Å². The largest absolute Gasteiger partial charge is 0.462 e. The molecule has 0 aliphatic carbocycles. The van der Waals surface area contributed by atoms with E-state index in [0.717, 1.165) is 57.8 Å². The first-order chi connectivity index (χ1) is 28.0. The van der Waals surface area contributed by atoms with Crippen LogP contribution in [0.25, 0.3) is 0 Å². The Morgan fingerprint density at radius 2 is 0.754 bits per heavy atom. The number of ether oxygens (including phenoxy) is 3. The smallest absolute Gasteiger partial charge is 0.306 e. The number of esters is 3. The molecule has 0 aliphatic heterocycles. The monoisotopic (exact) mass is 795 g/mol. The zero-order chi connectivity index (χ0) is 41.5. The Hall–Kier alpha value is -3.15. The molecule has 6 heteroatoms. The zero-order valence-corrected chi connectivity index (χ0v) is 37.1. The van der Waals surface area contributed by atoms with E-state index >= 15 is 0 Å². The molecule has 0 saturated heterocycles. The maximum absolute atomic E-state index is 12.7. The van der Waals surface area contributed by atoms with Crippen molar-refractivity contribution in [3.8, 4) is 0 Å². The average Bonchev–Trinajstić information content (AvgIpc) is 3.21. The summed E-state index contributed by atoms with van der Waals surface area (Å²) in [4.78, 5) is 37.6. The van der Waals surface area contributed by atoms with Crippen LogP contribution in [0.2, 0.25) is 0 Å². The van der Waals surface area contributed by atoms with Crippen molar-refractivity contribution in [2.45, 2.75) is 219 Å². The third kappa shape index (κ3) is 43.8. The Bertz CT molecular complexity index is 1100. The minimum absolute atomic E-state index is 0.106. The van der Waals surface area contributed by atoms with Crippen molar-refractivity contribution < 1.29 is 28.6 Å². The van der Waals surface area contributed by atoms with Gasteiger partial charge in [-0.05, 0) is 89.9 Å². The number of hydrogen-bond donors (Lipinski definition) is 0. The fourth-order valence-corrected chi connectivity index (χ4v) is 6.16. The van der Waals surface area contributed by atoms with E-state index in [1.54, 1.807) is 0 Å². The van der Waals surface area contributed by atoms with E-state index in [1.165, 1.54) is 103 Å². The topological polar surface area (TPSA) is 78.9 Å². The molecule has 0 bridgehead atoms. The summed E-state index contributed by atoms with van der Waals surface area (Å²) in [5.41, 5.74) is 0. The molecule has 0 radical (unpaired) electrons. The van der Waals surface area contributed by atoms with Gasteiger partial charge in [0, 0.05) is 19.3 Å². The summed E-state index contributed by atoms with van der Waals surface area (Å²) in [7, 11) is 0. The van der Waals surface area contributed by atoms with Gasteiger partial charge in [-0.2, -0.15) is 0 Å². The molecule has 6 nitrogen and oxygen atoms in total. The number of carbonyl (C=O) groups excluding carboxylic acids is 3. The first-order valence-corrected chi connectivity index (χ1v) is 23.5. The molecule has 0 fully saturated rings. The van der Waals surface area contributed by atoms with Crippen LogP contribution in [-0.2, 0) is 28.6 Å². The molecule has 1 unspecified atom stereocenters. The van der Waals surface area contributed by atoms with Gasteiger partial charge < -0.3 is 14.2 Å². The van der Waals surface area contributed by atoms with Gasteiger partial charge in [0.15, 0.2) is 6.10 Å². The molecule has 326 valence electrons. The third-order valence-corrected chi connectivity index (χ3v) is 9.69. The van der Waals surface area contributed by atoms with Crippen LogP contribution in [0.5, 0.6) is 0 Å². The minimum atomic E-state index is -0.811. The summed E-state index contributed by atoms with van der Waals surface area (Å²) >= 11 is 0. The van der Waals surface area contributed by atoms with Gasteiger partial charge in [-0.25, -0.2) is 0 Å². The van der Waals surface area contributed by atoms with Gasteiger partial charge in [-0.15, -0.1) is 0 Å². The van der Waals surface area contributed by atoms with Crippen LogP contribution in [0.4, 0.5) is 0 Å². The molecule has 0 aromatic heterocycles. The number of rotatable bonds is 41. The fourth-order valence-electron chi connectivity index (χ4n) is 6.16. The Kier molecular flexibility index (Phi) is 43.0. The minimum Gasteiger partial charge on any atom is -0.462 e. The van der Waals surface area contributed by atoms with Gasteiger partial charge in [-0.1, -0.05) is 177 Å². The second-order valence-corrected chi connectivity index (χ2v) is 15.3. The van der Waals surface area contributed by atoms with Crippen LogP contribution in [0.15, 0.2) is 72.9 Å². The Morgan fingerprint density at radius 1 is 0.386 bits per heavy atom. The van der Waals surface area contributed by atoms with E-state index in [0.29, 0.717) is 25.7 Å². The van der Waals surface area contributed by atoms with E-state index < -0.39 is 6.10 Å². The van der Waals surface area contributed by atoms with Crippen molar-refractivity contribution in [3.05, 3.63) is 72.9 Å². The van der Waals surface area contributed by atoms with Gasteiger partial charge in [0.05, 0.1) is 0 Å². The van der Waals surface area contributed by atoms with Crippen molar-refractivity contribution in [1.82, 2.24) is 0 Å². The first-order valence-electron chi connectivity index (χ1n) is 23.5. The van der Waals surface area contributed by atoms with Crippen molar-refractivity contribution >= 4 is 17.9 Å². The third-order valence-electron chi connectivity index (χ3n) is 9.69. The highest BCUT2D eigenvalue weighted by atomic mass is 16.6. The second kappa shape index (κ2) is 45.6. The lowest BCUT2D eigenvalue weighted by atomic mass is 10.1. The molecule has 0 rings (SSSR count). The Morgan fingerprint density at radius 3 is 1.30 bits per heavy atom. The van der Waals surface area contributed by atoms with Gasteiger partial charge in [0.2, 0.25) is 0 Å². The number of unbranched alkanes of at least 4 members (excludes halogenated alkanes) is 19. The van der Waals surface area contributed by atoms with Crippen molar-refractivity contribution in [3.63, 3.8) is 0 Å². The predicted octanol–water partition coefficient (Wildman–Crippen LogP) is 15.1. The average molecular weight is 795 g/mol.